The van der Waals surface area contributed by atoms with E-state index in [4.69, 9.17) is 18.9 Å². The van der Waals surface area contributed by atoms with Crippen molar-refractivity contribution in [3.8, 4) is 0 Å². The number of benzene rings is 2. The van der Waals surface area contributed by atoms with Gasteiger partial charge in [-0.25, -0.2) is 0 Å². The molecular weight excluding hydrogens is 382 g/mol. The van der Waals surface area contributed by atoms with Crippen molar-refractivity contribution in [1.29, 1.82) is 0 Å². The smallest absolute Gasteiger partial charge is 0.190 e. The van der Waals surface area contributed by atoms with Gasteiger partial charge in [0.25, 0.3) is 0 Å². The van der Waals surface area contributed by atoms with Gasteiger partial charge >= 0.3 is 0 Å². The summed E-state index contributed by atoms with van der Waals surface area (Å²) >= 11 is 0. The highest BCUT2D eigenvalue weighted by atomic mass is 16.8. The summed E-state index contributed by atoms with van der Waals surface area (Å²) in [5, 5.41) is 13.2. The zero-order valence-corrected chi connectivity index (χ0v) is 17.6. The van der Waals surface area contributed by atoms with Gasteiger partial charge in [-0.2, -0.15) is 0 Å². The molecule has 30 heavy (non-hydrogen) atoms. The van der Waals surface area contributed by atoms with Gasteiger partial charge in [0, 0.05) is 19.2 Å². The maximum absolute atomic E-state index is 9.68. The molecule has 6 nitrogen and oxygen atoms in total. The van der Waals surface area contributed by atoms with Crippen LogP contribution in [0.15, 0.2) is 60.7 Å². The summed E-state index contributed by atoms with van der Waals surface area (Å²) < 4.78 is 24.7. The number of nitrogens with one attached hydrogen (secondary N) is 1. The number of hydrogen-bond acceptors (Lipinski definition) is 6. The standard InChI is InChI=1S/C24H31NO5/c1-24(2)29-22-21(27-16-18-11-7-4-8-12-18)20(28-23(22)30-24)19(13-14-26)25-15-17-9-5-3-6-10-17/h3-12,19-23,25-26H,13-16H2,1-2H3/t19-,20-,21+,22-,23-/m1/s1. The molecule has 2 aromatic rings. The predicted octanol–water partition coefficient (Wildman–Crippen LogP) is 2.99. The molecule has 2 aliphatic heterocycles. The van der Waals surface area contributed by atoms with Gasteiger partial charge in [0.2, 0.25) is 0 Å². The Morgan fingerprint density at radius 1 is 1.00 bits per heavy atom. The second-order valence-electron chi connectivity index (χ2n) is 8.32. The van der Waals surface area contributed by atoms with Crippen molar-refractivity contribution in [2.24, 2.45) is 0 Å². The Labute approximate surface area is 178 Å². The highest BCUT2D eigenvalue weighted by Gasteiger charge is 2.56. The summed E-state index contributed by atoms with van der Waals surface area (Å²) in [6.45, 7) is 4.97. The van der Waals surface area contributed by atoms with Crippen LogP contribution in [-0.4, -0.2) is 48.1 Å². The third-order valence-corrected chi connectivity index (χ3v) is 5.56. The first-order valence-corrected chi connectivity index (χ1v) is 10.6. The Balaban J connectivity index is 1.48. The molecule has 2 heterocycles. The van der Waals surface area contributed by atoms with E-state index in [0.29, 0.717) is 19.6 Å². The third-order valence-electron chi connectivity index (χ3n) is 5.56. The van der Waals surface area contributed by atoms with E-state index in [1.807, 2.05) is 62.4 Å². The SMILES string of the molecule is CC1(C)O[C@H]2O[C@H]([C@@H](CCO)NCc3ccccc3)[C@H](OCc3ccccc3)[C@H]2O1. The predicted molar refractivity (Wildman–Crippen MR) is 112 cm³/mol. The monoisotopic (exact) mass is 413 g/mol. The number of hydrogen-bond donors (Lipinski definition) is 2. The van der Waals surface area contributed by atoms with Crippen molar-refractivity contribution in [3.05, 3.63) is 71.8 Å². The molecule has 0 bridgehead atoms. The summed E-state index contributed by atoms with van der Waals surface area (Å²) in [4.78, 5) is 0. The van der Waals surface area contributed by atoms with Crippen molar-refractivity contribution >= 4 is 0 Å². The van der Waals surface area contributed by atoms with Gasteiger partial charge in [-0.3, -0.25) is 0 Å². The number of ether oxygens (including phenoxy) is 4. The Bertz CT molecular complexity index is 785. The summed E-state index contributed by atoms with van der Waals surface area (Å²) in [6.07, 6.45) is -0.850. The van der Waals surface area contributed by atoms with Crippen molar-refractivity contribution in [2.45, 2.75) is 69.9 Å². The Morgan fingerprint density at radius 2 is 1.67 bits per heavy atom. The van der Waals surface area contributed by atoms with E-state index in [1.54, 1.807) is 0 Å². The molecule has 0 aromatic heterocycles. The molecule has 2 N–H and O–H groups in total. The number of aliphatic hydroxyl groups excluding tert-OH is 1. The molecule has 0 unspecified atom stereocenters. The molecule has 162 valence electrons. The van der Waals surface area contributed by atoms with Gasteiger partial charge in [0.05, 0.1) is 6.61 Å². The number of aliphatic hydroxyl groups is 1. The van der Waals surface area contributed by atoms with E-state index in [9.17, 15) is 5.11 Å². The largest absolute Gasteiger partial charge is 0.396 e. The van der Waals surface area contributed by atoms with E-state index >= 15 is 0 Å². The zero-order valence-electron chi connectivity index (χ0n) is 17.6. The molecule has 0 aliphatic carbocycles. The molecule has 0 spiro atoms. The minimum Gasteiger partial charge on any atom is -0.396 e. The van der Waals surface area contributed by atoms with E-state index < -0.39 is 12.1 Å². The maximum atomic E-state index is 9.68. The third kappa shape index (κ3) is 5.09. The van der Waals surface area contributed by atoms with Crippen LogP contribution in [0.3, 0.4) is 0 Å². The first-order chi connectivity index (χ1) is 14.6. The summed E-state index contributed by atoms with van der Waals surface area (Å²) in [5.74, 6) is -0.710. The van der Waals surface area contributed by atoms with Crippen LogP contribution in [0.25, 0.3) is 0 Å². The molecule has 6 heteroatoms. The lowest BCUT2D eigenvalue weighted by Gasteiger charge is -2.31. The van der Waals surface area contributed by atoms with E-state index in [0.717, 1.165) is 5.56 Å². The van der Waals surface area contributed by atoms with Gasteiger partial charge in [-0.15, -0.1) is 0 Å². The molecule has 4 rings (SSSR count). The van der Waals surface area contributed by atoms with Gasteiger partial charge < -0.3 is 29.4 Å². The fourth-order valence-corrected chi connectivity index (χ4v) is 4.15. The van der Waals surface area contributed by atoms with E-state index in [1.165, 1.54) is 5.56 Å². The van der Waals surface area contributed by atoms with Crippen molar-refractivity contribution in [3.63, 3.8) is 0 Å². The Kier molecular flexibility index (Phi) is 6.83. The molecular formula is C24H31NO5. The lowest BCUT2D eigenvalue weighted by Crippen LogP contribution is -2.49. The number of fused-ring (bicyclic) bond motifs is 1. The first kappa shape index (κ1) is 21.4. The van der Waals surface area contributed by atoms with Gasteiger partial charge in [-0.05, 0) is 31.4 Å². The van der Waals surface area contributed by atoms with Crippen LogP contribution in [0.5, 0.6) is 0 Å². The van der Waals surface area contributed by atoms with Crippen LogP contribution in [0, 0.1) is 0 Å². The minimum atomic E-state index is -0.710. The van der Waals surface area contributed by atoms with Crippen LogP contribution in [0.2, 0.25) is 0 Å². The molecule has 2 saturated heterocycles. The fourth-order valence-electron chi connectivity index (χ4n) is 4.15. The average Bonchev–Trinajstić information content (AvgIpc) is 3.22. The van der Waals surface area contributed by atoms with Crippen LogP contribution < -0.4 is 5.32 Å². The highest BCUT2D eigenvalue weighted by Crippen LogP contribution is 2.40. The van der Waals surface area contributed by atoms with E-state index in [-0.39, 0.29) is 31.0 Å². The minimum absolute atomic E-state index is 0.0558. The quantitative estimate of drug-likeness (QED) is 0.659. The molecule has 0 amide bonds. The first-order valence-electron chi connectivity index (χ1n) is 10.6. The molecule has 0 radical (unpaired) electrons. The van der Waals surface area contributed by atoms with Crippen molar-refractivity contribution < 1.29 is 24.1 Å². The number of rotatable bonds is 9. The fraction of sp³-hybridized carbons (Fsp3) is 0.500. The van der Waals surface area contributed by atoms with Crippen LogP contribution in [0.1, 0.15) is 31.4 Å². The highest BCUT2D eigenvalue weighted by molar-refractivity contribution is 5.15. The maximum Gasteiger partial charge on any atom is 0.190 e. The van der Waals surface area contributed by atoms with Gasteiger partial charge in [-0.1, -0.05) is 60.7 Å². The van der Waals surface area contributed by atoms with Crippen molar-refractivity contribution in [1.82, 2.24) is 5.32 Å². The van der Waals surface area contributed by atoms with E-state index in [2.05, 4.69) is 17.4 Å². The summed E-state index contributed by atoms with van der Waals surface area (Å²) in [5.41, 5.74) is 2.27. The molecule has 2 fully saturated rings. The molecule has 2 aliphatic rings. The molecule has 0 saturated carbocycles. The van der Waals surface area contributed by atoms with Gasteiger partial charge in [0.1, 0.15) is 18.3 Å². The molecule has 5 atom stereocenters. The summed E-state index contributed by atoms with van der Waals surface area (Å²) in [6, 6.07) is 20.1. The zero-order chi connectivity index (χ0) is 21.0. The lowest BCUT2D eigenvalue weighted by atomic mass is 10.00. The van der Waals surface area contributed by atoms with Crippen LogP contribution >= 0.6 is 0 Å². The Hall–Kier alpha value is -1.80. The normalized spacial score (nSPS) is 28.4. The van der Waals surface area contributed by atoms with Crippen LogP contribution in [-0.2, 0) is 32.1 Å². The Morgan fingerprint density at radius 3 is 2.33 bits per heavy atom. The molecule has 2 aromatic carbocycles. The average molecular weight is 414 g/mol. The summed E-state index contributed by atoms with van der Waals surface area (Å²) in [7, 11) is 0. The second-order valence-corrected chi connectivity index (χ2v) is 8.32. The van der Waals surface area contributed by atoms with Gasteiger partial charge in [0.15, 0.2) is 12.1 Å². The van der Waals surface area contributed by atoms with Crippen molar-refractivity contribution in [2.75, 3.05) is 6.61 Å². The second kappa shape index (κ2) is 9.56. The van der Waals surface area contributed by atoms with Crippen LogP contribution in [0.4, 0.5) is 0 Å². The topological polar surface area (TPSA) is 69.2 Å². The lowest BCUT2D eigenvalue weighted by molar-refractivity contribution is -0.223.